The zero-order valence-corrected chi connectivity index (χ0v) is 12.4. The number of methoxy groups -OCH3 is 2. The third-order valence-corrected chi connectivity index (χ3v) is 4.52. The van der Waals surface area contributed by atoms with E-state index in [1.807, 2.05) is 0 Å². The number of hydrogen-bond donors (Lipinski definition) is 2. The maximum Gasteiger partial charge on any atom is 0.237 e. The maximum atomic E-state index is 11.9. The monoisotopic (exact) mass is 309 g/mol. The van der Waals surface area contributed by atoms with Gasteiger partial charge in [0.05, 0.1) is 31.5 Å². The lowest BCUT2D eigenvalue weighted by atomic mass is 10.3. The molecule has 0 fully saturated rings. The van der Waals surface area contributed by atoms with Crippen molar-refractivity contribution < 1.29 is 23.0 Å². The van der Waals surface area contributed by atoms with Crippen LogP contribution in [0.2, 0.25) is 5.02 Å². The highest BCUT2D eigenvalue weighted by atomic mass is 35.5. The Morgan fingerprint density at radius 2 is 1.89 bits per heavy atom. The Labute approximate surface area is 117 Å². The number of aliphatic hydroxyl groups excluding tert-OH is 1. The minimum atomic E-state index is -3.71. The molecule has 0 bridgehead atoms. The van der Waals surface area contributed by atoms with Gasteiger partial charge in [0.15, 0.2) is 0 Å². The lowest BCUT2D eigenvalue weighted by Crippen LogP contribution is -2.28. The Morgan fingerprint density at radius 3 is 2.37 bits per heavy atom. The smallest absolute Gasteiger partial charge is 0.237 e. The van der Waals surface area contributed by atoms with Gasteiger partial charge in [0.1, 0.15) is 16.7 Å². The van der Waals surface area contributed by atoms with Crippen molar-refractivity contribution in [3.05, 3.63) is 17.2 Å². The Hall–Kier alpha value is -1.18. The molecular weight excluding hydrogens is 294 g/mol. The van der Waals surface area contributed by atoms with Crippen molar-refractivity contribution in [3.63, 3.8) is 0 Å². The van der Waals surface area contributed by atoms with Crippen LogP contribution in [0.15, 0.2) is 12.1 Å². The summed E-state index contributed by atoms with van der Waals surface area (Å²) >= 11 is 5.92. The van der Waals surface area contributed by atoms with Gasteiger partial charge in [-0.2, -0.15) is 0 Å². The first kappa shape index (κ1) is 15.9. The highest BCUT2D eigenvalue weighted by Gasteiger charge is 2.22. The number of nitrogens with one attached hydrogen (secondary N) is 1. The summed E-state index contributed by atoms with van der Waals surface area (Å²) in [6, 6.07) is 2.87. The van der Waals surface area contributed by atoms with Crippen molar-refractivity contribution in [3.8, 4) is 11.5 Å². The van der Waals surface area contributed by atoms with Crippen molar-refractivity contribution in [2.75, 3.05) is 25.5 Å². The molecule has 0 saturated carbocycles. The summed E-state index contributed by atoms with van der Waals surface area (Å²) in [5.74, 6) is 0.580. The Bertz CT molecular complexity index is 546. The molecule has 1 aromatic rings. The topological polar surface area (TPSA) is 84.9 Å². The van der Waals surface area contributed by atoms with Crippen molar-refractivity contribution in [1.29, 1.82) is 0 Å². The van der Waals surface area contributed by atoms with Crippen LogP contribution in [0, 0.1) is 0 Å². The molecule has 1 atom stereocenters. The maximum absolute atomic E-state index is 11.9. The Kier molecular flexibility index (Phi) is 5.28. The molecule has 0 amide bonds. The minimum absolute atomic E-state index is 0.198. The Balaban J connectivity index is 3.20. The molecule has 8 heteroatoms. The molecule has 1 unspecified atom stereocenters. The summed E-state index contributed by atoms with van der Waals surface area (Å²) in [4.78, 5) is 0. The standard InChI is InChI=1S/C11H16ClNO5S/c1-7(6-14)19(15,16)13-9-5-10(17-2)8(12)4-11(9)18-3/h4-5,7,13-14H,6H2,1-3H3. The third kappa shape index (κ3) is 3.65. The van der Waals surface area contributed by atoms with Gasteiger partial charge in [-0.1, -0.05) is 11.6 Å². The lowest BCUT2D eigenvalue weighted by molar-refractivity contribution is 0.296. The first-order chi connectivity index (χ1) is 8.85. The quantitative estimate of drug-likeness (QED) is 0.831. The first-order valence-corrected chi connectivity index (χ1v) is 7.32. The van der Waals surface area contributed by atoms with E-state index in [1.54, 1.807) is 0 Å². The second-order valence-electron chi connectivity index (χ2n) is 3.83. The molecule has 0 spiro atoms. The van der Waals surface area contributed by atoms with Gasteiger partial charge in [-0.15, -0.1) is 0 Å². The van der Waals surface area contributed by atoms with Crippen LogP contribution in [0.25, 0.3) is 0 Å². The molecular formula is C11H16ClNO5S. The average molecular weight is 310 g/mol. The van der Waals surface area contributed by atoms with Crippen LogP contribution < -0.4 is 14.2 Å². The van der Waals surface area contributed by atoms with Crippen LogP contribution in [-0.4, -0.2) is 39.6 Å². The number of benzene rings is 1. The largest absolute Gasteiger partial charge is 0.495 e. The molecule has 0 heterocycles. The number of anilines is 1. The number of aliphatic hydroxyl groups is 1. The van der Waals surface area contributed by atoms with E-state index in [4.69, 9.17) is 26.2 Å². The summed E-state index contributed by atoms with van der Waals surface area (Å²) < 4.78 is 36.2. The zero-order chi connectivity index (χ0) is 14.6. The van der Waals surface area contributed by atoms with Gasteiger partial charge < -0.3 is 14.6 Å². The Morgan fingerprint density at radius 1 is 1.32 bits per heavy atom. The molecule has 0 aliphatic heterocycles. The second kappa shape index (κ2) is 6.31. The molecule has 0 radical (unpaired) electrons. The van der Waals surface area contributed by atoms with E-state index in [-0.39, 0.29) is 11.4 Å². The van der Waals surface area contributed by atoms with Crippen molar-refractivity contribution in [2.24, 2.45) is 0 Å². The third-order valence-electron chi connectivity index (χ3n) is 2.51. The molecule has 0 saturated heterocycles. The van der Waals surface area contributed by atoms with E-state index in [0.717, 1.165) is 0 Å². The molecule has 0 aliphatic carbocycles. The number of rotatable bonds is 6. The second-order valence-corrected chi connectivity index (χ2v) is 6.33. The summed E-state index contributed by atoms with van der Waals surface area (Å²) in [6.45, 7) is 0.907. The van der Waals surface area contributed by atoms with Crippen molar-refractivity contribution in [2.45, 2.75) is 12.2 Å². The van der Waals surface area contributed by atoms with Gasteiger partial charge in [0, 0.05) is 12.1 Å². The normalized spacial score (nSPS) is 12.9. The highest BCUT2D eigenvalue weighted by Crippen LogP contribution is 2.36. The fraction of sp³-hybridized carbons (Fsp3) is 0.455. The first-order valence-electron chi connectivity index (χ1n) is 5.39. The van der Waals surface area contributed by atoms with Crippen LogP contribution >= 0.6 is 11.6 Å². The van der Waals surface area contributed by atoms with Gasteiger partial charge in [-0.3, -0.25) is 4.72 Å². The van der Waals surface area contributed by atoms with Crippen molar-refractivity contribution >= 4 is 27.3 Å². The average Bonchev–Trinajstić information content (AvgIpc) is 2.38. The van der Waals surface area contributed by atoms with Crippen LogP contribution in [0.5, 0.6) is 11.5 Å². The van der Waals surface area contributed by atoms with Gasteiger partial charge in [-0.25, -0.2) is 8.42 Å². The van der Waals surface area contributed by atoms with Gasteiger partial charge in [0.2, 0.25) is 10.0 Å². The minimum Gasteiger partial charge on any atom is -0.495 e. The SMILES string of the molecule is COc1cc(NS(=O)(=O)C(C)CO)c(OC)cc1Cl. The summed E-state index contributed by atoms with van der Waals surface area (Å²) in [7, 11) is -0.899. The summed E-state index contributed by atoms with van der Waals surface area (Å²) in [6.07, 6.45) is 0. The molecule has 19 heavy (non-hydrogen) atoms. The van der Waals surface area contributed by atoms with E-state index in [0.29, 0.717) is 10.8 Å². The van der Waals surface area contributed by atoms with E-state index < -0.39 is 21.9 Å². The van der Waals surface area contributed by atoms with Crippen LogP contribution in [0.4, 0.5) is 5.69 Å². The number of hydrogen-bond acceptors (Lipinski definition) is 5. The van der Waals surface area contributed by atoms with Crippen LogP contribution in [0.3, 0.4) is 0 Å². The predicted octanol–water partition coefficient (Wildman–Crippen LogP) is 1.48. The van der Waals surface area contributed by atoms with Crippen molar-refractivity contribution in [1.82, 2.24) is 0 Å². The van der Waals surface area contributed by atoms with E-state index in [2.05, 4.69) is 4.72 Å². The van der Waals surface area contributed by atoms with Gasteiger partial charge >= 0.3 is 0 Å². The van der Waals surface area contributed by atoms with Crippen LogP contribution in [0.1, 0.15) is 6.92 Å². The van der Waals surface area contributed by atoms with Gasteiger partial charge in [-0.05, 0) is 6.92 Å². The van der Waals surface area contributed by atoms with Gasteiger partial charge in [0.25, 0.3) is 0 Å². The fourth-order valence-electron chi connectivity index (χ4n) is 1.29. The number of ether oxygens (including phenoxy) is 2. The molecule has 0 aliphatic rings. The molecule has 108 valence electrons. The highest BCUT2D eigenvalue weighted by molar-refractivity contribution is 7.93. The molecule has 1 aromatic carbocycles. The molecule has 2 N–H and O–H groups in total. The fourth-order valence-corrected chi connectivity index (χ4v) is 2.39. The molecule has 0 aromatic heterocycles. The van der Waals surface area contributed by atoms with Crippen LogP contribution in [-0.2, 0) is 10.0 Å². The molecule has 6 nitrogen and oxygen atoms in total. The van der Waals surface area contributed by atoms with E-state index in [1.165, 1.54) is 33.3 Å². The lowest BCUT2D eigenvalue weighted by Gasteiger charge is -2.16. The predicted molar refractivity (Wildman–Crippen MR) is 73.6 cm³/mol. The number of halogens is 1. The number of sulfonamides is 1. The zero-order valence-electron chi connectivity index (χ0n) is 10.8. The molecule has 1 rings (SSSR count). The van der Waals surface area contributed by atoms with E-state index in [9.17, 15) is 8.42 Å². The summed E-state index contributed by atoms with van der Waals surface area (Å²) in [5, 5.41) is 8.28. The summed E-state index contributed by atoms with van der Waals surface area (Å²) in [5.41, 5.74) is 0.198. The van der Waals surface area contributed by atoms with E-state index >= 15 is 0 Å².